The molecule has 1 aromatic rings. The van der Waals surface area contributed by atoms with E-state index < -0.39 is 5.91 Å². The lowest BCUT2D eigenvalue weighted by Crippen LogP contribution is -1.95. The molecule has 0 radical (unpaired) electrons. The van der Waals surface area contributed by atoms with Gasteiger partial charge in [-0.05, 0) is 19.1 Å². The molecule has 4 nitrogen and oxygen atoms in total. The third-order valence-corrected chi connectivity index (χ3v) is 1.29. The van der Waals surface area contributed by atoms with Gasteiger partial charge in [-0.15, -0.1) is 4.99 Å². The second-order valence-corrected chi connectivity index (χ2v) is 2.19. The predicted molar refractivity (Wildman–Crippen MR) is 41.4 cm³/mol. The smallest absolute Gasteiger partial charge is 0.266 e. The van der Waals surface area contributed by atoms with Gasteiger partial charge >= 0.3 is 0 Å². The van der Waals surface area contributed by atoms with Gasteiger partial charge in [-0.1, -0.05) is 0 Å². The van der Waals surface area contributed by atoms with E-state index in [-0.39, 0.29) is 0 Å². The summed E-state index contributed by atoms with van der Waals surface area (Å²) in [6.07, 6.45) is 2.68. The highest BCUT2D eigenvalue weighted by atomic mass is 16.2. The zero-order valence-electron chi connectivity index (χ0n) is 6.44. The molecule has 4 heteroatoms. The summed E-state index contributed by atoms with van der Waals surface area (Å²) >= 11 is 0. The molecular weight excluding hydrogens is 156 g/mol. The highest BCUT2D eigenvalue weighted by Crippen LogP contribution is 2.01. The van der Waals surface area contributed by atoms with Crippen LogP contribution >= 0.6 is 0 Å². The van der Waals surface area contributed by atoms with Gasteiger partial charge in [-0.25, -0.2) is 4.79 Å². The van der Waals surface area contributed by atoms with Gasteiger partial charge in [0.25, 0.3) is 5.91 Å². The number of pyridine rings is 1. The van der Waals surface area contributed by atoms with Crippen LogP contribution in [0.4, 0.5) is 0 Å². The molecule has 0 aliphatic rings. The molecule has 1 rings (SSSR count). The summed E-state index contributed by atoms with van der Waals surface area (Å²) in [5.41, 5.74) is 1.06. The second kappa shape index (κ2) is 3.55. The van der Waals surface area contributed by atoms with Crippen LogP contribution in [0, 0.1) is 6.92 Å². The molecule has 1 amide bonds. The minimum Gasteiger partial charge on any atom is -0.266 e. The summed E-state index contributed by atoms with van der Waals surface area (Å²) in [7, 11) is 0. The fourth-order valence-electron chi connectivity index (χ4n) is 0.785. The minimum absolute atomic E-state index is 0.353. The Balaban J connectivity index is 3.03. The van der Waals surface area contributed by atoms with Crippen LogP contribution < -0.4 is 0 Å². The van der Waals surface area contributed by atoms with Gasteiger partial charge in [-0.2, -0.15) is 0 Å². The van der Waals surface area contributed by atoms with E-state index in [1.165, 1.54) is 18.3 Å². The molecule has 12 heavy (non-hydrogen) atoms. The highest BCUT2D eigenvalue weighted by molar-refractivity contribution is 5.97. The molecule has 0 N–H and O–H groups in total. The number of aromatic nitrogens is 1. The Bertz CT molecular complexity index is 354. The third-order valence-electron chi connectivity index (χ3n) is 1.29. The molecule has 0 saturated carbocycles. The zero-order chi connectivity index (χ0) is 8.97. The number of rotatable bonds is 1. The molecule has 0 spiro atoms. The Hall–Kier alpha value is -1.80. The first-order valence-corrected chi connectivity index (χ1v) is 3.29. The number of amides is 1. The van der Waals surface area contributed by atoms with Crippen LogP contribution in [-0.2, 0) is 4.79 Å². The maximum atomic E-state index is 10.9. The Labute approximate surface area is 69.0 Å². The first-order valence-electron chi connectivity index (χ1n) is 3.29. The average Bonchev–Trinajstić information content (AvgIpc) is 2.05. The van der Waals surface area contributed by atoms with E-state index >= 15 is 0 Å². The SMILES string of the molecule is Cc1cc(C(=O)N=C=O)ccn1. The summed E-state index contributed by atoms with van der Waals surface area (Å²) < 4.78 is 0. The first kappa shape index (κ1) is 8.30. The number of aryl methyl sites for hydroxylation is 1. The molecule has 1 heterocycles. The van der Waals surface area contributed by atoms with Crippen LogP contribution in [0.2, 0.25) is 0 Å². The topological polar surface area (TPSA) is 59.4 Å². The number of isocyanates is 1. The van der Waals surface area contributed by atoms with Gasteiger partial charge in [0.1, 0.15) is 0 Å². The Kier molecular flexibility index (Phi) is 2.46. The second-order valence-electron chi connectivity index (χ2n) is 2.19. The lowest BCUT2D eigenvalue weighted by molar-refractivity contribution is 0.100. The quantitative estimate of drug-likeness (QED) is 0.454. The summed E-state index contributed by atoms with van der Waals surface area (Å²) in [6.45, 7) is 1.75. The minimum atomic E-state index is -0.588. The Morgan fingerprint density at radius 2 is 2.42 bits per heavy atom. The number of hydrogen-bond acceptors (Lipinski definition) is 3. The summed E-state index contributed by atoms with van der Waals surface area (Å²) in [6, 6.07) is 3.05. The van der Waals surface area contributed by atoms with E-state index in [9.17, 15) is 9.59 Å². The van der Waals surface area contributed by atoms with Crippen molar-refractivity contribution in [3.8, 4) is 0 Å². The highest BCUT2D eigenvalue weighted by Gasteiger charge is 2.02. The third kappa shape index (κ3) is 1.84. The number of aliphatic imine (C=N–C) groups is 1. The maximum absolute atomic E-state index is 10.9. The number of carbonyl (C=O) groups excluding carboxylic acids is 2. The van der Waals surface area contributed by atoms with E-state index in [1.807, 2.05) is 0 Å². The molecule has 0 aliphatic heterocycles. The van der Waals surface area contributed by atoms with Gasteiger partial charge in [0.15, 0.2) is 0 Å². The van der Waals surface area contributed by atoms with Crippen molar-refractivity contribution in [2.45, 2.75) is 6.92 Å². The molecule has 0 bridgehead atoms. The van der Waals surface area contributed by atoms with E-state index in [2.05, 4.69) is 9.98 Å². The Morgan fingerprint density at radius 1 is 1.67 bits per heavy atom. The molecule has 0 atom stereocenters. The number of nitrogens with zero attached hydrogens (tertiary/aromatic N) is 2. The number of carbonyl (C=O) groups is 1. The largest absolute Gasteiger partial charge is 0.287 e. The molecule has 60 valence electrons. The van der Waals surface area contributed by atoms with Crippen LogP contribution in [0.1, 0.15) is 16.1 Å². The fraction of sp³-hybridized carbons (Fsp3) is 0.125. The fourth-order valence-corrected chi connectivity index (χ4v) is 0.785. The monoisotopic (exact) mass is 162 g/mol. The van der Waals surface area contributed by atoms with Gasteiger partial charge in [0.2, 0.25) is 6.08 Å². The van der Waals surface area contributed by atoms with Crippen molar-refractivity contribution >= 4 is 12.0 Å². The lowest BCUT2D eigenvalue weighted by Gasteiger charge is -1.93. The van der Waals surface area contributed by atoms with Crippen LogP contribution in [0.15, 0.2) is 23.3 Å². The van der Waals surface area contributed by atoms with E-state index in [0.717, 1.165) is 0 Å². The first-order chi connectivity index (χ1) is 5.74. The lowest BCUT2D eigenvalue weighted by atomic mass is 10.2. The van der Waals surface area contributed by atoms with Crippen LogP contribution in [0.25, 0.3) is 0 Å². The molecule has 0 fully saturated rings. The molecule has 0 aliphatic carbocycles. The van der Waals surface area contributed by atoms with Crippen LogP contribution in [-0.4, -0.2) is 17.0 Å². The summed E-state index contributed by atoms with van der Waals surface area (Å²) in [4.78, 5) is 27.5. The summed E-state index contributed by atoms with van der Waals surface area (Å²) in [5, 5.41) is 0. The van der Waals surface area contributed by atoms with Crippen molar-refractivity contribution in [3.05, 3.63) is 29.6 Å². The van der Waals surface area contributed by atoms with Crippen molar-refractivity contribution < 1.29 is 9.59 Å². The van der Waals surface area contributed by atoms with Gasteiger partial charge < -0.3 is 0 Å². The van der Waals surface area contributed by atoms with Gasteiger partial charge in [-0.3, -0.25) is 9.78 Å². The van der Waals surface area contributed by atoms with Crippen molar-refractivity contribution in [3.63, 3.8) is 0 Å². The van der Waals surface area contributed by atoms with E-state index in [1.54, 1.807) is 13.0 Å². The molecular formula is C8H6N2O2. The zero-order valence-corrected chi connectivity index (χ0v) is 6.44. The standard InChI is InChI=1S/C8H6N2O2/c1-6-4-7(2-3-9-6)8(12)10-5-11/h2-4H,1H3. The molecule has 0 unspecified atom stereocenters. The molecule has 0 aromatic carbocycles. The van der Waals surface area contributed by atoms with Crippen molar-refractivity contribution in [1.29, 1.82) is 0 Å². The van der Waals surface area contributed by atoms with Crippen molar-refractivity contribution in [2.75, 3.05) is 0 Å². The number of hydrogen-bond donors (Lipinski definition) is 0. The van der Waals surface area contributed by atoms with Crippen molar-refractivity contribution in [2.24, 2.45) is 4.99 Å². The normalized spacial score (nSPS) is 8.75. The van der Waals surface area contributed by atoms with Crippen molar-refractivity contribution in [1.82, 2.24) is 4.98 Å². The predicted octanol–water partition coefficient (Wildman–Crippen LogP) is 0.866. The summed E-state index contributed by atoms with van der Waals surface area (Å²) in [5.74, 6) is -0.588. The molecule has 1 aromatic heterocycles. The van der Waals surface area contributed by atoms with E-state index in [0.29, 0.717) is 11.3 Å². The van der Waals surface area contributed by atoms with Crippen LogP contribution in [0.5, 0.6) is 0 Å². The van der Waals surface area contributed by atoms with E-state index in [4.69, 9.17) is 0 Å². The van der Waals surface area contributed by atoms with Gasteiger partial charge in [0, 0.05) is 17.5 Å². The van der Waals surface area contributed by atoms with Crippen LogP contribution in [0.3, 0.4) is 0 Å². The Morgan fingerprint density at radius 3 is 3.00 bits per heavy atom. The average molecular weight is 162 g/mol. The van der Waals surface area contributed by atoms with Gasteiger partial charge in [0.05, 0.1) is 0 Å². The molecule has 0 saturated heterocycles. The maximum Gasteiger partial charge on any atom is 0.287 e.